The van der Waals surface area contributed by atoms with Gasteiger partial charge in [-0.15, -0.1) is 34.0 Å². The fourth-order valence-electron chi connectivity index (χ4n) is 1.90. The van der Waals surface area contributed by atoms with Crippen molar-refractivity contribution in [2.45, 2.75) is 13.8 Å². The molecule has 0 bridgehead atoms. The van der Waals surface area contributed by atoms with Crippen LogP contribution < -0.4 is 0 Å². The van der Waals surface area contributed by atoms with Gasteiger partial charge in [0.2, 0.25) is 0 Å². The molecule has 86 valence electrons. The fourth-order valence-corrected chi connectivity index (χ4v) is 4.94. The lowest BCUT2D eigenvalue weighted by atomic mass is 10.2. The molecule has 0 fully saturated rings. The number of thiophene rings is 3. The van der Waals surface area contributed by atoms with E-state index in [9.17, 15) is 0 Å². The van der Waals surface area contributed by atoms with E-state index in [1.807, 2.05) is 34.0 Å². The Hall–Kier alpha value is -0.900. The molecule has 0 unspecified atom stereocenters. The lowest BCUT2D eigenvalue weighted by Gasteiger charge is -1.93. The molecular formula is C14H12S3. The molecule has 0 aromatic carbocycles. The summed E-state index contributed by atoms with van der Waals surface area (Å²) in [6.07, 6.45) is 0. The highest BCUT2D eigenvalue weighted by Crippen LogP contribution is 2.40. The van der Waals surface area contributed by atoms with E-state index in [0.717, 1.165) is 0 Å². The van der Waals surface area contributed by atoms with Gasteiger partial charge in [0.05, 0.1) is 0 Å². The van der Waals surface area contributed by atoms with Gasteiger partial charge in [-0.25, -0.2) is 0 Å². The Morgan fingerprint density at radius 2 is 1.71 bits per heavy atom. The summed E-state index contributed by atoms with van der Waals surface area (Å²) >= 11 is 5.59. The number of aryl methyl sites for hydroxylation is 2. The zero-order valence-corrected chi connectivity index (χ0v) is 12.1. The number of rotatable bonds is 2. The van der Waals surface area contributed by atoms with Crippen molar-refractivity contribution >= 4 is 34.0 Å². The molecule has 3 aromatic rings. The van der Waals surface area contributed by atoms with Crippen molar-refractivity contribution in [2.24, 2.45) is 0 Å². The first-order valence-electron chi connectivity index (χ1n) is 5.45. The molecule has 0 saturated carbocycles. The normalized spacial score (nSPS) is 10.9. The average molecular weight is 276 g/mol. The maximum absolute atomic E-state index is 2.27. The lowest BCUT2D eigenvalue weighted by Crippen LogP contribution is -1.66. The summed E-state index contributed by atoms with van der Waals surface area (Å²) in [7, 11) is 0. The van der Waals surface area contributed by atoms with Crippen molar-refractivity contribution in [3.05, 3.63) is 46.2 Å². The maximum atomic E-state index is 2.27. The highest BCUT2D eigenvalue weighted by atomic mass is 32.1. The summed E-state index contributed by atoms with van der Waals surface area (Å²) < 4.78 is 0. The second-order valence-electron chi connectivity index (χ2n) is 4.01. The molecule has 0 atom stereocenters. The summed E-state index contributed by atoms with van der Waals surface area (Å²) in [5.41, 5.74) is 1.40. The molecule has 0 saturated heterocycles. The molecule has 17 heavy (non-hydrogen) atoms. The van der Waals surface area contributed by atoms with E-state index in [1.165, 1.54) is 29.9 Å². The molecule has 3 heterocycles. The topological polar surface area (TPSA) is 0 Å². The van der Waals surface area contributed by atoms with Crippen LogP contribution in [0.2, 0.25) is 0 Å². The van der Waals surface area contributed by atoms with E-state index in [0.29, 0.717) is 0 Å². The Morgan fingerprint density at radius 3 is 2.35 bits per heavy atom. The highest BCUT2D eigenvalue weighted by Gasteiger charge is 2.10. The predicted octanol–water partition coefficient (Wildman–Crippen LogP) is 5.82. The van der Waals surface area contributed by atoms with Crippen LogP contribution in [0.5, 0.6) is 0 Å². The highest BCUT2D eigenvalue weighted by molar-refractivity contribution is 7.26. The number of hydrogen-bond acceptors (Lipinski definition) is 3. The third-order valence-corrected chi connectivity index (χ3v) is 6.12. The van der Waals surface area contributed by atoms with E-state index in [4.69, 9.17) is 0 Å². The van der Waals surface area contributed by atoms with Crippen LogP contribution in [0.4, 0.5) is 0 Å². The van der Waals surface area contributed by atoms with Crippen molar-refractivity contribution in [1.82, 2.24) is 0 Å². The molecular weight excluding hydrogens is 264 g/mol. The van der Waals surface area contributed by atoms with Gasteiger partial charge in [0.1, 0.15) is 0 Å². The van der Waals surface area contributed by atoms with Crippen LogP contribution in [0.15, 0.2) is 35.7 Å². The summed E-state index contributed by atoms with van der Waals surface area (Å²) in [6.45, 7) is 4.37. The quantitative estimate of drug-likeness (QED) is 0.553. The zero-order chi connectivity index (χ0) is 11.8. The lowest BCUT2D eigenvalue weighted by molar-refractivity contribution is 1.51. The van der Waals surface area contributed by atoms with E-state index in [-0.39, 0.29) is 0 Å². The molecule has 0 amide bonds. The fraction of sp³-hybridized carbons (Fsp3) is 0.143. The molecule has 3 heteroatoms. The Labute approximate surface area is 113 Å². The van der Waals surface area contributed by atoms with Crippen LogP contribution in [-0.4, -0.2) is 0 Å². The molecule has 0 N–H and O–H groups in total. The van der Waals surface area contributed by atoms with Crippen molar-refractivity contribution < 1.29 is 0 Å². The monoisotopic (exact) mass is 276 g/mol. The van der Waals surface area contributed by atoms with Crippen molar-refractivity contribution in [2.75, 3.05) is 0 Å². The molecule has 0 aliphatic rings. The predicted molar refractivity (Wildman–Crippen MR) is 80.4 cm³/mol. The summed E-state index contributed by atoms with van der Waals surface area (Å²) in [5.74, 6) is 0. The summed E-state index contributed by atoms with van der Waals surface area (Å²) in [4.78, 5) is 6.95. The van der Waals surface area contributed by atoms with Gasteiger partial charge in [-0.05, 0) is 49.1 Å². The molecule has 0 aliphatic carbocycles. The molecule has 0 aliphatic heterocycles. The first-order chi connectivity index (χ1) is 8.24. The van der Waals surface area contributed by atoms with Gasteiger partial charge in [0.25, 0.3) is 0 Å². The third kappa shape index (κ3) is 2.10. The second-order valence-corrected chi connectivity index (χ2v) is 7.30. The van der Waals surface area contributed by atoms with Gasteiger partial charge in [-0.1, -0.05) is 6.07 Å². The third-order valence-electron chi connectivity index (χ3n) is 2.63. The second kappa shape index (κ2) is 4.41. The van der Waals surface area contributed by atoms with Crippen molar-refractivity contribution in [3.8, 4) is 19.5 Å². The van der Waals surface area contributed by atoms with Crippen LogP contribution in [0.3, 0.4) is 0 Å². The van der Waals surface area contributed by atoms with Crippen LogP contribution >= 0.6 is 34.0 Å². The Balaban J connectivity index is 2.03. The molecule has 3 aromatic heterocycles. The largest absolute Gasteiger partial charge is 0.143 e. The minimum atomic E-state index is 1.37. The molecule has 3 rings (SSSR count). The van der Waals surface area contributed by atoms with Crippen LogP contribution in [0, 0.1) is 13.8 Å². The number of hydrogen-bond donors (Lipinski definition) is 0. The maximum Gasteiger partial charge on any atom is 0.0474 e. The average Bonchev–Trinajstić information content (AvgIpc) is 2.97. The van der Waals surface area contributed by atoms with Gasteiger partial charge < -0.3 is 0 Å². The first-order valence-corrected chi connectivity index (χ1v) is 7.96. The molecule has 0 nitrogen and oxygen atoms in total. The minimum Gasteiger partial charge on any atom is -0.143 e. The molecule has 0 spiro atoms. The first kappa shape index (κ1) is 11.2. The SMILES string of the molecule is Cc1cc(C)c(-c2ccc(-c3cccs3)s2)s1. The van der Waals surface area contributed by atoms with Crippen molar-refractivity contribution in [3.63, 3.8) is 0 Å². The minimum absolute atomic E-state index is 1.37. The van der Waals surface area contributed by atoms with Crippen LogP contribution in [-0.2, 0) is 0 Å². The zero-order valence-electron chi connectivity index (χ0n) is 9.69. The van der Waals surface area contributed by atoms with Gasteiger partial charge in [0.15, 0.2) is 0 Å². The van der Waals surface area contributed by atoms with Gasteiger partial charge >= 0.3 is 0 Å². The smallest absolute Gasteiger partial charge is 0.0474 e. The summed E-state index contributed by atoms with van der Waals surface area (Å²) in [5, 5.41) is 2.13. The Kier molecular flexibility index (Phi) is 2.90. The van der Waals surface area contributed by atoms with E-state index in [1.54, 1.807) is 0 Å². The van der Waals surface area contributed by atoms with Crippen LogP contribution in [0.25, 0.3) is 19.5 Å². The van der Waals surface area contributed by atoms with E-state index in [2.05, 4.69) is 49.6 Å². The van der Waals surface area contributed by atoms with Crippen LogP contribution in [0.1, 0.15) is 10.4 Å². The van der Waals surface area contributed by atoms with Gasteiger partial charge in [-0.3, -0.25) is 0 Å². The summed E-state index contributed by atoms with van der Waals surface area (Å²) in [6, 6.07) is 11.1. The molecule has 0 radical (unpaired) electrons. The van der Waals surface area contributed by atoms with Gasteiger partial charge in [0, 0.05) is 24.4 Å². The standard InChI is InChI=1S/C14H12S3/c1-9-8-10(2)16-14(9)13-6-5-12(17-13)11-4-3-7-15-11/h3-8H,1-2H3. The Morgan fingerprint density at radius 1 is 0.882 bits per heavy atom. The Bertz CT molecular complexity index is 626. The van der Waals surface area contributed by atoms with Gasteiger partial charge in [-0.2, -0.15) is 0 Å². The van der Waals surface area contributed by atoms with E-state index < -0.39 is 0 Å². The van der Waals surface area contributed by atoms with E-state index >= 15 is 0 Å². The van der Waals surface area contributed by atoms with Crippen molar-refractivity contribution in [1.29, 1.82) is 0 Å².